The number of hydrogen-bond acceptors (Lipinski definition) is 3. The van der Waals surface area contributed by atoms with Crippen LogP contribution >= 0.6 is 0 Å². The normalized spacial score (nSPS) is 21.1. The molecule has 35 heavy (non-hydrogen) atoms. The van der Waals surface area contributed by atoms with Crippen LogP contribution in [0.15, 0.2) is 84.9 Å². The summed E-state index contributed by atoms with van der Waals surface area (Å²) in [7, 11) is 0. The first-order valence-electron chi connectivity index (χ1n) is 13.1. The van der Waals surface area contributed by atoms with E-state index >= 15 is 0 Å². The van der Waals surface area contributed by atoms with Crippen LogP contribution in [0.4, 0.5) is 0 Å². The van der Waals surface area contributed by atoms with Crippen molar-refractivity contribution in [1.29, 1.82) is 0 Å². The van der Waals surface area contributed by atoms with Gasteiger partial charge in [-0.15, -0.1) is 0 Å². The molecule has 0 unspecified atom stereocenters. The molecule has 3 aromatic carbocycles. The van der Waals surface area contributed by atoms with Crippen molar-refractivity contribution in [2.75, 3.05) is 19.6 Å². The molecule has 0 spiro atoms. The largest absolute Gasteiger partial charge is 0.508 e. The van der Waals surface area contributed by atoms with E-state index in [2.05, 4.69) is 40.1 Å². The van der Waals surface area contributed by atoms with Gasteiger partial charge < -0.3 is 10.0 Å². The number of aromatic hydroxyl groups is 1. The lowest BCUT2D eigenvalue weighted by atomic mass is 9.87. The summed E-state index contributed by atoms with van der Waals surface area (Å²) < 4.78 is 0. The highest BCUT2D eigenvalue weighted by atomic mass is 16.3. The lowest BCUT2D eigenvalue weighted by Crippen LogP contribution is -2.45. The van der Waals surface area contributed by atoms with E-state index in [-0.39, 0.29) is 5.91 Å². The van der Waals surface area contributed by atoms with Crippen LogP contribution in [0.2, 0.25) is 0 Å². The maximum Gasteiger partial charge on any atom is 0.254 e. The maximum atomic E-state index is 13.8. The van der Waals surface area contributed by atoms with Gasteiger partial charge in [0.25, 0.3) is 5.91 Å². The van der Waals surface area contributed by atoms with Gasteiger partial charge in [0.15, 0.2) is 0 Å². The van der Waals surface area contributed by atoms with Crippen LogP contribution in [-0.2, 0) is 6.54 Å². The Morgan fingerprint density at radius 2 is 1.49 bits per heavy atom. The van der Waals surface area contributed by atoms with Crippen molar-refractivity contribution >= 4 is 5.91 Å². The second kappa shape index (κ2) is 11.1. The highest BCUT2D eigenvalue weighted by molar-refractivity contribution is 5.94. The van der Waals surface area contributed by atoms with Gasteiger partial charge in [-0.2, -0.15) is 0 Å². The van der Waals surface area contributed by atoms with Gasteiger partial charge in [-0.3, -0.25) is 9.69 Å². The van der Waals surface area contributed by atoms with Crippen molar-refractivity contribution in [3.05, 3.63) is 102 Å². The second-order valence-electron chi connectivity index (χ2n) is 10.2. The van der Waals surface area contributed by atoms with Gasteiger partial charge in [-0.1, -0.05) is 86.0 Å². The standard InChI is InChI=1S/C31H36N2O2/c34-30-19-11-10-16-26(30)20-32-21-27(29(23-32)24-12-4-1-5-13-24)22-33(28-17-8-3-9-18-28)31(35)25-14-6-2-7-15-25/h1-2,4-7,10-16,19,27-29,34H,3,8-9,17-18,20-23H2/t27-,29+/m0/s1. The van der Waals surface area contributed by atoms with Crippen LogP contribution in [0, 0.1) is 5.92 Å². The van der Waals surface area contributed by atoms with Gasteiger partial charge in [-0.05, 0) is 42.5 Å². The Bertz CT molecular complexity index is 1100. The Kier molecular flexibility index (Phi) is 7.48. The van der Waals surface area contributed by atoms with Crippen LogP contribution < -0.4 is 0 Å². The molecular formula is C31H36N2O2. The summed E-state index contributed by atoms with van der Waals surface area (Å²) in [6.45, 7) is 3.35. The smallest absolute Gasteiger partial charge is 0.254 e. The molecule has 4 heteroatoms. The van der Waals surface area contributed by atoms with Gasteiger partial charge >= 0.3 is 0 Å². The summed E-state index contributed by atoms with van der Waals surface area (Å²) in [4.78, 5) is 18.4. The van der Waals surface area contributed by atoms with Crippen molar-refractivity contribution in [3.8, 4) is 5.75 Å². The summed E-state index contributed by atoms with van der Waals surface area (Å²) in [6.07, 6.45) is 5.88. The molecule has 5 rings (SSSR count). The first-order valence-corrected chi connectivity index (χ1v) is 13.1. The Morgan fingerprint density at radius 1 is 0.829 bits per heavy atom. The van der Waals surface area contributed by atoms with Crippen LogP contribution in [0.5, 0.6) is 5.75 Å². The minimum absolute atomic E-state index is 0.170. The van der Waals surface area contributed by atoms with Crippen LogP contribution in [0.1, 0.15) is 59.5 Å². The molecule has 1 N–H and O–H groups in total. The number of carbonyl (C=O) groups is 1. The van der Waals surface area contributed by atoms with Crippen molar-refractivity contribution in [2.45, 2.75) is 50.6 Å². The molecule has 3 aromatic rings. The summed E-state index contributed by atoms with van der Waals surface area (Å²) in [5.41, 5.74) is 3.09. The number of nitrogens with zero attached hydrogens (tertiary/aromatic N) is 2. The maximum absolute atomic E-state index is 13.8. The van der Waals surface area contributed by atoms with E-state index in [0.717, 1.165) is 50.1 Å². The summed E-state index contributed by atoms with van der Waals surface area (Å²) >= 11 is 0. The number of likely N-dealkylation sites (tertiary alicyclic amines) is 1. The molecule has 1 heterocycles. The highest BCUT2D eigenvalue weighted by Gasteiger charge is 2.38. The third-order valence-corrected chi connectivity index (χ3v) is 7.86. The van der Waals surface area contributed by atoms with Crippen LogP contribution in [-0.4, -0.2) is 46.5 Å². The zero-order valence-corrected chi connectivity index (χ0v) is 20.4. The van der Waals surface area contributed by atoms with Gasteiger partial charge in [0, 0.05) is 49.3 Å². The van der Waals surface area contributed by atoms with Crippen LogP contribution in [0.25, 0.3) is 0 Å². The van der Waals surface area contributed by atoms with Crippen LogP contribution in [0.3, 0.4) is 0 Å². The third kappa shape index (κ3) is 5.59. The molecule has 2 fully saturated rings. The van der Waals surface area contributed by atoms with Crippen molar-refractivity contribution in [1.82, 2.24) is 9.80 Å². The molecule has 1 saturated heterocycles. The summed E-state index contributed by atoms with van der Waals surface area (Å²) in [6, 6.07) is 28.5. The first-order chi connectivity index (χ1) is 17.2. The van der Waals surface area contributed by atoms with E-state index in [9.17, 15) is 9.90 Å². The number of carbonyl (C=O) groups excluding carboxylic acids is 1. The van der Waals surface area contributed by atoms with Gasteiger partial charge in [0.2, 0.25) is 0 Å². The van der Waals surface area contributed by atoms with Crippen molar-refractivity contribution in [3.63, 3.8) is 0 Å². The molecule has 1 aliphatic carbocycles. The minimum atomic E-state index is 0.170. The zero-order valence-electron chi connectivity index (χ0n) is 20.4. The average molecular weight is 469 g/mol. The molecule has 182 valence electrons. The fourth-order valence-corrected chi connectivity index (χ4v) is 6.03. The number of phenolic OH excluding ortho intramolecular Hbond substituents is 1. The molecule has 2 atom stereocenters. The number of phenols is 1. The van der Waals surface area contributed by atoms with E-state index in [0.29, 0.717) is 23.6 Å². The highest BCUT2D eigenvalue weighted by Crippen LogP contribution is 2.36. The lowest BCUT2D eigenvalue weighted by molar-refractivity contribution is 0.0588. The van der Waals surface area contributed by atoms with E-state index in [4.69, 9.17) is 0 Å². The predicted molar refractivity (Wildman–Crippen MR) is 140 cm³/mol. The number of para-hydroxylation sites is 1. The molecule has 4 nitrogen and oxygen atoms in total. The quantitative estimate of drug-likeness (QED) is 0.457. The SMILES string of the molecule is O=C(c1ccccc1)N(C[C@@H]1CN(Cc2ccccc2O)C[C@@H]1c1ccccc1)C1CCCCC1. The fraction of sp³-hybridized carbons (Fsp3) is 0.387. The molecule has 2 aliphatic rings. The number of hydrogen-bond donors (Lipinski definition) is 1. The van der Waals surface area contributed by atoms with Crippen molar-refractivity contribution in [2.24, 2.45) is 5.92 Å². The monoisotopic (exact) mass is 468 g/mol. The number of amides is 1. The van der Waals surface area contributed by atoms with E-state index in [1.807, 2.05) is 48.5 Å². The summed E-state index contributed by atoms with van der Waals surface area (Å²) in [5.74, 6) is 1.23. The number of benzene rings is 3. The van der Waals surface area contributed by atoms with Gasteiger partial charge in [0.05, 0.1) is 0 Å². The Balaban J connectivity index is 1.41. The second-order valence-corrected chi connectivity index (χ2v) is 10.2. The summed E-state index contributed by atoms with van der Waals surface area (Å²) in [5, 5.41) is 10.4. The van der Waals surface area contributed by atoms with E-state index in [1.54, 1.807) is 6.07 Å². The average Bonchev–Trinajstić information content (AvgIpc) is 3.32. The van der Waals surface area contributed by atoms with Gasteiger partial charge in [0.1, 0.15) is 5.75 Å². The van der Waals surface area contributed by atoms with E-state index < -0.39 is 0 Å². The molecule has 1 aliphatic heterocycles. The predicted octanol–water partition coefficient (Wildman–Crippen LogP) is 6.08. The third-order valence-electron chi connectivity index (χ3n) is 7.86. The van der Waals surface area contributed by atoms with Crippen molar-refractivity contribution < 1.29 is 9.90 Å². The Labute approximate surface area is 209 Å². The Morgan fingerprint density at radius 3 is 2.20 bits per heavy atom. The topological polar surface area (TPSA) is 43.8 Å². The lowest BCUT2D eigenvalue weighted by Gasteiger charge is -2.37. The minimum Gasteiger partial charge on any atom is -0.508 e. The molecule has 1 amide bonds. The first kappa shape index (κ1) is 23.6. The molecule has 0 bridgehead atoms. The molecule has 0 aromatic heterocycles. The van der Waals surface area contributed by atoms with E-state index in [1.165, 1.54) is 24.8 Å². The molecule has 1 saturated carbocycles. The molecule has 0 radical (unpaired) electrons. The van der Waals surface area contributed by atoms with Gasteiger partial charge in [-0.25, -0.2) is 0 Å². The zero-order chi connectivity index (χ0) is 24.0. The number of rotatable bonds is 7. The Hall–Kier alpha value is -3.11. The molecular weight excluding hydrogens is 432 g/mol. The fourth-order valence-electron chi connectivity index (χ4n) is 6.03.